The number of urea groups is 1. The summed E-state index contributed by atoms with van der Waals surface area (Å²) in [5.41, 5.74) is 0. The fraction of sp³-hybridized carbons (Fsp3) is 0.867. The lowest BCUT2D eigenvalue weighted by Crippen LogP contribution is -2.51. The Balaban J connectivity index is 3.55. The number of hydrogen-bond donors (Lipinski definition) is 4. The molecule has 0 aliphatic rings. The molecule has 0 aliphatic carbocycles. The molecule has 0 saturated heterocycles. The Bertz CT molecular complexity index is 295. The third-order valence-electron chi connectivity index (χ3n) is 3.35. The number of carbonyl (C=O) groups is 2. The maximum Gasteiger partial charge on any atom is 0.328 e. The molecule has 4 N–H and O–H groups in total. The average Bonchev–Trinajstić information content (AvgIpc) is 2.42. The Morgan fingerprint density at radius 3 is 2.00 bits per heavy atom. The highest BCUT2D eigenvalue weighted by atomic mass is 16.4. The minimum Gasteiger partial charge on any atom is -0.480 e. The van der Waals surface area contributed by atoms with Crippen LogP contribution in [0.4, 0.5) is 4.79 Å². The summed E-state index contributed by atoms with van der Waals surface area (Å²) >= 11 is 0. The second kappa shape index (κ2) is 12.4. The molecule has 21 heavy (non-hydrogen) atoms. The quantitative estimate of drug-likeness (QED) is 0.416. The van der Waals surface area contributed by atoms with Gasteiger partial charge in [-0.25, -0.2) is 9.59 Å². The molecule has 0 unspecified atom stereocenters. The van der Waals surface area contributed by atoms with Gasteiger partial charge in [0, 0.05) is 6.54 Å². The maximum atomic E-state index is 11.5. The number of hydrogen-bond acceptors (Lipinski definition) is 3. The van der Waals surface area contributed by atoms with Crippen molar-refractivity contribution < 1.29 is 19.8 Å². The van der Waals surface area contributed by atoms with Crippen LogP contribution in [0.2, 0.25) is 0 Å². The zero-order valence-corrected chi connectivity index (χ0v) is 13.2. The van der Waals surface area contributed by atoms with E-state index < -0.39 is 24.1 Å². The van der Waals surface area contributed by atoms with Crippen molar-refractivity contribution in [3.05, 3.63) is 0 Å². The number of aliphatic hydroxyl groups is 1. The van der Waals surface area contributed by atoms with E-state index in [1.807, 2.05) is 0 Å². The summed E-state index contributed by atoms with van der Waals surface area (Å²) in [5.74, 6) is -1.24. The van der Waals surface area contributed by atoms with Gasteiger partial charge in [-0.3, -0.25) is 0 Å². The number of aliphatic carboxylic acids is 1. The van der Waals surface area contributed by atoms with Crippen molar-refractivity contribution in [3.63, 3.8) is 0 Å². The van der Waals surface area contributed by atoms with Crippen LogP contribution in [-0.4, -0.2) is 40.9 Å². The first kappa shape index (κ1) is 19.7. The summed E-state index contributed by atoms with van der Waals surface area (Å²) < 4.78 is 0. The number of aliphatic hydroxyl groups excluding tert-OH is 1. The monoisotopic (exact) mass is 302 g/mol. The van der Waals surface area contributed by atoms with Crippen LogP contribution in [-0.2, 0) is 4.79 Å². The Labute approximate surface area is 127 Å². The van der Waals surface area contributed by atoms with Gasteiger partial charge in [0.1, 0.15) is 0 Å². The highest BCUT2D eigenvalue weighted by molar-refractivity contribution is 5.82. The van der Waals surface area contributed by atoms with E-state index >= 15 is 0 Å². The minimum atomic E-state index is -1.27. The minimum absolute atomic E-state index is 0.521. The number of amides is 2. The molecule has 0 aromatic rings. The Kier molecular flexibility index (Phi) is 11.7. The van der Waals surface area contributed by atoms with E-state index in [2.05, 4.69) is 17.6 Å². The zero-order chi connectivity index (χ0) is 16.1. The molecule has 0 fully saturated rings. The number of carbonyl (C=O) groups excluding carboxylic acids is 1. The second-order valence-electron chi connectivity index (χ2n) is 5.43. The number of carboxylic acid groups (broad SMARTS) is 1. The third kappa shape index (κ3) is 11.1. The number of rotatable bonds is 12. The SMILES string of the molecule is CCCCCCCCCCNC(=O)N[C@H](C(=O)O)[C@@H](C)O. The predicted octanol–water partition coefficient (Wildman–Crippen LogP) is 2.26. The number of nitrogens with one attached hydrogen (secondary N) is 2. The van der Waals surface area contributed by atoms with Gasteiger partial charge in [-0.05, 0) is 13.3 Å². The van der Waals surface area contributed by atoms with E-state index in [1.165, 1.54) is 45.4 Å². The van der Waals surface area contributed by atoms with Gasteiger partial charge in [-0.1, -0.05) is 51.9 Å². The Morgan fingerprint density at radius 1 is 1.00 bits per heavy atom. The molecule has 0 spiro atoms. The summed E-state index contributed by atoms with van der Waals surface area (Å²) in [6.07, 6.45) is 8.34. The zero-order valence-electron chi connectivity index (χ0n) is 13.2. The molecule has 0 bridgehead atoms. The van der Waals surface area contributed by atoms with Crippen LogP contribution < -0.4 is 10.6 Å². The van der Waals surface area contributed by atoms with Crippen LogP contribution in [0.25, 0.3) is 0 Å². The lowest BCUT2D eigenvalue weighted by Gasteiger charge is -2.17. The lowest BCUT2D eigenvalue weighted by molar-refractivity contribution is -0.141. The van der Waals surface area contributed by atoms with Gasteiger partial charge < -0.3 is 20.8 Å². The second-order valence-corrected chi connectivity index (χ2v) is 5.43. The van der Waals surface area contributed by atoms with Crippen molar-refractivity contribution in [1.82, 2.24) is 10.6 Å². The summed E-state index contributed by atoms with van der Waals surface area (Å²) in [7, 11) is 0. The summed E-state index contributed by atoms with van der Waals surface area (Å²) in [6, 6.07) is -1.82. The number of carboxylic acids is 1. The summed E-state index contributed by atoms with van der Waals surface area (Å²) in [5, 5.41) is 22.9. The van der Waals surface area contributed by atoms with E-state index in [-0.39, 0.29) is 0 Å². The maximum absolute atomic E-state index is 11.5. The van der Waals surface area contributed by atoms with Gasteiger partial charge in [0.2, 0.25) is 0 Å². The highest BCUT2D eigenvalue weighted by Gasteiger charge is 2.24. The summed E-state index contributed by atoms with van der Waals surface area (Å²) in [4.78, 5) is 22.3. The van der Waals surface area contributed by atoms with Gasteiger partial charge in [-0.2, -0.15) is 0 Å². The van der Waals surface area contributed by atoms with Gasteiger partial charge in [0.25, 0.3) is 0 Å². The Morgan fingerprint density at radius 2 is 1.52 bits per heavy atom. The highest BCUT2D eigenvalue weighted by Crippen LogP contribution is 2.07. The van der Waals surface area contributed by atoms with E-state index in [0.717, 1.165) is 12.8 Å². The summed E-state index contributed by atoms with van der Waals surface area (Å²) in [6.45, 7) is 4.05. The first-order chi connectivity index (χ1) is 9.99. The van der Waals surface area contributed by atoms with E-state index in [9.17, 15) is 14.7 Å². The van der Waals surface area contributed by atoms with Gasteiger partial charge in [-0.15, -0.1) is 0 Å². The molecule has 0 aliphatic heterocycles. The van der Waals surface area contributed by atoms with Crippen molar-refractivity contribution in [3.8, 4) is 0 Å². The predicted molar refractivity (Wildman–Crippen MR) is 82.2 cm³/mol. The van der Waals surface area contributed by atoms with Crippen molar-refractivity contribution in [2.24, 2.45) is 0 Å². The molecule has 0 aromatic carbocycles. The number of unbranched alkanes of at least 4 members (excludes halogenated alkanes) is 7. The molecule has 0 aromatic heterocycles. The van der Waals surface area contributed by atoms with Crippen molar-refractivity contribution in [2.75, 3.05) is 6.54 Å². The van der Waals surface area contributed by atoms with Gasteiger partial charge in [0.15, 0.2) is 6.04 Å². The lowest BCUT2D eigenvalue weighted by atomic mass is 10.1. The van der Waals surface area contributed by atoms with E-state index in [0.29, 0.717) is 6.54 Å². The average molecular weight is 302 g/mol. The third-order valence-corrected chi connectivity index (χ3v) is 3.35. The molecule has 0 heterocycles. The first-order valence-corrected chi connectivity index (χ1v) is 7.94. The van der Waals surface area contributed by atoms with Crippen molar-refractivity contribution >= 4 is 12.0 Å². The van der Waals surface area contributed by atoms with Crippen molar-refractivity contribution in [2.45, 2.75) is 77.4 Å². The van der Waals surface area contributed by atoms with Crippen LogP contribution in [0, 0.1) is 0 Å². The molecule has 6 nitrogen and oxygen atoms in total. The normalized spacial score (nSPS) is 13.5. The molecule has 0 rings (SSSR count). The topological polar surface area (TPSA) is 98.7 Å². The van der Waals surface area contributed by atoms with E-state index in [1.54, 1.807) is 0 Å². The van der Waals surface area contributed by atoms with Crippen LogP contribution >= 0.6 is 0 Å². The molecule has 2 amide bonds. The molecule has 2 atom stereocenters. The van der Waals surface area contributed by atoms with Crippen LogP contribution in [0.3, 0.4) is 0 Å². The Hall–Kier alpha value is -1.30. The molecule has 124 valence electrons. The van der Waals surface area contributed by atoms with Crippen LogP contribution in [0.1, 0.15) is 65.2 Å². The first-order valence-electron chi connectivity index (χ1n) is 7.94. The standard InChI is InChI=1S/C15H30N2O4/c1-3-4-5-6-7-8-9-10-11-16-15(21)17-13(12(2)18)14(19)20/h12-13,18H,3-11H2,1-2H3,(H,19,20)(H2,16,17,21)/t12-,13+/m1/s1. The van der Waals surface area contributed by atoms with Crippen LogP contribution in [0.5, 0.6) is 0 Å². The fourth-order valence-electron chi connectivity index (χ4n) is 2.04. The van der Waals surface area contributed by atoms with E-state index in [4.69, 9.17) is 5.11 Å². The van der Waals surface area contributed by atoms with Crippen LogP contribution in [0.15, 0.2) is 0 Å². The molecular weight excluding hydrogens is 272 g/mol. The smallest absolute Gasteiger partial charge is 0.328 e. The van der Waals surface area contributed by atoms with Gasteiger partial charge >= 0.3 is 12.0 Å². The van der Waals surface area contributed by atoms with Crippen molar-refractivity contribution in [1.29, 1.82) is 0 Å². The van der Waals surface area contributed by atoms with Gasteiger partial charge in [0.05, 0.1) is 6.10 Å². The molecule has 6 heteroatoms. The largest absolute Gasteiger partial charge is 0.480 e. The molecular formula is C15H30N2O4. The molecule has 0 radical (unpaired) electrons. The fourth-order valence-corrected chi connectivity index (χ4v) is 2.04. The molecule has 0 saturated carbocycles.